The van der Waals surface area contributed by atoms with Crippen molar-refractivity contribution in [2.24, 2.45) is 0 Å². The standard InChI is InChI=1S/C17H25NO2S/c1-17(2,3)21(19)18(13-15-9-5-4-6-10-15)14-16-11-7-8-12-20-16/h4-6,8-10,12,16H,7,11,13-14H2,1-3H3/t16-,21?/m0/s1. The van der Waals surface area contributed by atoms with Crippen LogP contribution in [0.4, 0.5) is 0 Å². The molecule has 21 heavy (non-hydrogen) atoms. The van der Waals surface area contributed by atoms with Gasteiger partial charge < -0.3 is 9.29 Å². The van der Waals surface area contributed by atoms with Gasteiger partial charge in [-0.1, -0.05) is 30.3 Å². The van der Waals surface area contributed by atoms with Crippen molar-refractivity contribution in [3.63, 3.8) is 0 Å². The minimum atomic E-state index is -1.05. The number of rotatable bonds is 5. The van der Waals surface area contributed by atoms with Crippen LogP contribution in [-0.4, -0.2) is 26.3 Å². The predicted octanol–water partition coefficient (Wildman–Crippen LogP) is 3.64. The first-order valence-corrected chi connectivity index (χ1v) is 8.59. The zero-order chi connectivity index (χ0) is 15.3. The third kappa shape index (κ3) is 5.06. The molecule has 1 aliphatic heterocycles. The van der Waals surface area contributed by atoms with E-state index >= 15 is 0 Å². The van der Waals surface area contributed by atoms with Gasteiger partial charge in [0.1, 0.15) is 10.9 Å². The van der Waals surface area contributed by atoms with E-state index in [0.29, 0.717) is 13.1 Å². The molecule has 0 saturated heterocycles. The Labute approximate surface area is 131 Å². The summed E-state index contributed by atoms with van der Waals surface area (Å²) in [5, 5.41) is 0. The second-order valence-electron chi connectivity index (χ2n) is 6.38. The van der Waals surface area contributed by atoms with Crippen LogP contribution in [0, 0.1) is 0 Å². The monoisotopic (exact) mass is 307 g/mol. The molecule has 116 valence electrons. The Morgan fingerprint density at radius 2 is 2.00 bits per heavy atom. The van der Waals surface area contributed by atoms with Gasteiger partial charge in [-0.2, -0.15) is 0 Å². The van der Waals surface area contributed by atoms with Crippen LogP contribution in [0.25, 0.3) is 0 Å². The van der Waals surface area contributed by atoms with Crippen LogP contribution >= 0.6 is 0 Å². The molecule has 0 radical (unpaired) electrons. The fraction of sp³-hybridized carbons (Fsp3) is 0.529. The summed E-state index contributed by atoms with van der Waals surface area (Å²) < 4.78 is 20.2. The largest absolute Gasteiger partial charge is 0.597 e. The number of ether oxygens (including phenoxy) is 1. The van der Waals surface area contributed by atoms with Gasteiger partial charge in [-0.3, -0.25) is 0 Å². The highest BCUT2D eigenvalue weighted by atomic mass is 32.2. The molecule has 0 N–H and O–H groups in total. The average molecular weight is 307 g/mol. The molecule has 0 aliphatic carbocycles. The molecule has 0 aromatic heterocycles. The van der Waals surface area contributed by atoms with Gasteiger partial charge in [-0.05, 0) is 45.3 Å². The van der Waals surface area contributed by atoms with Crippen LogP contribution in [0.1, 0.15) is 39.2 Å². The molecule has 1 aromatic rings. The van der Waals surface area contributed by atoms with Gasteiger partial charge >= 0.3 is 0 Å². The fourth-order valence-electron chi connectivity index (χ4n) is 2.31. The van der Waals surface area contributed by atoms with Gasteiger partial charge in [-0.15, -0.1) is 4.31 Å². The Kier molecular flexibility index (Phi) is 5.73. The van der Waals surface area contributed by atoms with Gasteiger partial charge in [0.2, 0.25) is 0 Å². The summed E-state index contributed by atoms with van der Waals surface area (Å²) in [6.45, 7) is 7.44. The Morgan fingerprint density at radius 1 is 1.29 bits per heavy atom. The summed E-state index contributed by atoms with van der Waals surface area (Å²) in [4.78, 5) is 0. The molecule has 4 heteroatoms. The molecule has 1 aromatic carbocycles. The minimum Gasteiger partial charge on any atom is -0.597 e. The SMILES string of the molecule is CC(C)(C)[S+]([O-])N(Cc1ccccc1)C[C@@H]1CCC=CO1. The van der Waals surface area contributed by atoms with Crippen LogP contribution in [0.5, 0.6) is 0 Å². The molecule has 1 aliphatic rings. The van der Waals surface area contributed by atoms with Crippen molar-refractivity contribution in [2.45, 2.75) is 51.0 Å². The van der Waals surface area contributed by atoms with E-state index in [2.05, 4.69) is 12.1 Å². The molecule has 2 atom stereocenters. The Morgan fingerprint density at radius 3 is 2.57 bits per heavy atom. The van der Waals surface area contributed by atoms with Gasteiger partial charge in [0.15, 0.2) is 0 Å². The highest BCUT2D eigenvalue weighted by Gasteiger charge is 2.35. The van der Waals surface area contributed by atoms with E-state index in [1.54, 1.807) is 6.26 Å². The highest BCUT2D eigenvalue weighted by Crippen LogP contribution is 2.24. The summed E-state index contributed by atoms with van der Waals surface area (Å²) in [5.41, 5.74) is 1.18. The van der Waals surface area contributed by atoms with Crippen LogP contribution in [-0.2, 0) is 22.6 Å². The van der Waals surface area contributed by atoms with E-state index in [1.165, 1.54) is 5.56 Å². The molecule has 3 nitrogen and oxygen atoms in total. The summed E-state index contributed by atoms with van der Waals surface area (Å²) >= 11 is -1.05. The summed E-state index contributed by atoms with van der Waals surface area (Å²) in [6.07, 6.45) is 5.97. The molecule has 0 saturated carbocycles. The molecule has 0 bridgehead atoms. The first kappa shape index (κ1) is 16.4. The maximum atomic E-state index is 12.8. The first-order chi connectivity index (χ1) is 9.97. The van der Waals surface area contributed by atoms with E-state index in [-0.39, 0.29) is 10.9 Å². The number of nitrogens with zero attached hydrogens (tertiary/aromatic N) is 1. The van der Waals surface area contributed by atoms with E-state index in [0.717, 1.165) is 12.8 Å². The lowest BCUT2D eigenvalue weighted by Crippen LogP contribution is -2.46. The summed E-state index contributed by atoms with van der Waals surface area (Å²) in [6, 6.07) is 10.2. The van der Waals surface area contributed by atoms with Gasteiger partial charge in [0, 0.05) is 11.4 Å². The van der Waals surface area contributed by atoms with Crippen molar-refractivity contribution in [2.75, 3.05) is 6.54 Å². The Balaban J connectivity index is 2.08. The van der Waals surface area contributed by atoms with E-state index in [9.17, 15) is 4.55 Å². The number of allylic oxidation sites excluding steroid dienone is 1. The molecule has 1 heterocycles. The van der Waals surface area contributed by atoms with Gasteiger partial charge in [-0.25, -0.2) is 0 Å². The number of benzene rings is 1. The fourth-order valence-corrected chi connectivity index (χ4v) is 3.65. The first-order valence-electron chi connectivity index (χ1n) is 7.48. The highest BCUT2D eigenvalue weighted by molar-refractivity contribution is 7.90. The third-order valence-electron chi connectivity index (χ3n) is 3.39. The second-order valence-corrected chi connectivity index (χ2v) is 8.62. The lowest BCUT2D eigenvalue weighted by atomic mass is 10.1. The van der Waals surface area contributed by atoms with Crippen molar-refractivity contribution >= 4 is 11.4 Å². The van der Waals surface area contributed by atoms with Crippen molar-refractivity contribution in [1.29, 1.82) is 0 Å². The Bertz CT molecular complexity index is 456. The van der Waals surface area contributed by atoms with Crippen LogP contribution in [0.3, 0.4) is 0 Å². The molecular weight excluding hydrogens is 282 g/mol. The van der Waals surface area contributed by atoms with Crippen LogP contribution in [0.15, 0.2) is 42.7 Å². The summed E-state index contributed by atoms with van der Waals surface area (Å²) in [5.74, 6) is 0. The van der Waals surface area contributed by atoms with E-state index in [4.69, 9.17) is 4.74 Å². The molecular formula is C17H25NO2S. The lowest BCUT2D eigenvalue weighted by Gasteiger charge is -2.34. The van der Waals surface area contributed by atoms with Gasteiger partial charge in [0.05, 0.1) is 19.4 Å². The third-order valence-corrected chi connectivity index (χ3v) is 5.18. The second kappa shape index (κ2) is 7.34. The van der Waals surface area contributed by atoms with Crippen LogP contribution < -0.4 is 0 Å². The minimum absolute atomic E-state index is 0.130. The summed E-state index contributed by atoms with van der Waals surface area (Å²) in [7, 11) is 0. The van der Waals surface area contributed by atoms with Crippen molar-refractivity contribution < 1.29 is 9.29 Å². The molecule has 1 unspecified atom stereocenters. The maximum absolute atomic E-state index is 12.8. The predicted molar refractivity (Wildman–Crippen MR) is 88.0 cm³/mol. The molecule has 0 fully saturated rings. The average Bonchev–Trinajstić information content (AvgIpc) is 2.47. The topological polar surface area (TPSA) is 35.5 Å². The van der Waals surface area contributed by atoms with E-state index < -0.39 is 11.4 Å². The number of hydrogen-bond donors (Lipinski definition) is 0. The van der Waals surface area contributed by atoms with Crippen LogP contribution in [0.2, 0.25) is 0 Å². The Hall–Kier alpha value is -0.970. The zero-order valence-electron chi connectivity index (χ0n) is 13.1. The normalized spacial score (nSPS) is 20.3. The maximum Gasteiger partial charge on any atom is 0.137 e. The zero-order valence-corrected chi connectivity index (χ0v) is 13.9. The lowest BCUT2D eigenvalue weighted by molar-refractivity contribution is 0.101. The quantitative estimate of drug-likeness (QED) is 0.779. The van der Waals surface area contributed by atoms with E-state index in [1.807, 2.05) is 49.4 Å². The smallest absolute Gasteiger partial charge is 0.137 e. The van der Waals surface area contributed by atoms with Crippen molar-refractivity contribution in [3.05, 3.63) is 48.2 Å². The molecule has 2 rings (SSSR count). The molecule has 0 spiro atoms. The van der Waals surface area contributed by atoms with Crippen molar-refractivity contribution in [1.82, 2.24) is 4.31 Å². The molecule has 0 amide bonds. The number of hydrogen-bond acceptors (Lipinski definition) is 3. The van der Waals surface area contributed by atoms with Gasteiger partial charge in [0.25, 0.3) is 0 Å². The van der Waals surface area contributed by atoms with Crippen molar-refractivity contribution in [3.8, 4) is 0 Å².